The third-order valence-electron chi connectivity index (χ3n) is 4.52. The van der Waals surface area contributed by atoms with Crippen LogP contribution in [0, 0.1) is 0 Å². The highest BCUT2D eigenvalue weighted by atomic mass is 16.5. The fraction of sp³-hybridized carbons (Fsp3) is 0.136. The first kappa shape index (κ1) is 17.7. The molecule has 0 saturated heterocycles. The van der Waals surface area contributed by atoms with Crippen LogP contribution in [0.3, 0.4) is 0 Å². The zero-order chi connectivity index (χ0) is 19.3. The zero-order valence-corrected chi connectivity index (χ0v) is 15.7. The minimum Gasteiger partial charge on any atom is -0.493 e. The quantitative estimate of drug-likeness (QED) is 0.544. The van der Waals surface area contributed by atoms with E-state index in [-0.39, 0.29) is 0 Å². The Kier molecular flexibility index (Phi) is 5.01. The van der Waals surface area contributed by atoms with Gasteiger partial charge in [0.05, 0.1) is 19.9 Å². The van der Waals surface area contributed by atoms with Gasteiger partial charge in [-0.3, -0.25) is 9.97 Å². The molecule has 0 amide bonds. The number of rotatable bonds is 6. The summed E-state index contributed by atoms with van der Waals surface area (Å²) in [6.07, 6.45) is 7.16. The average Bonchev–Trinajstić information content (AvgIpc) is 2.77. The van der Waals surface area contributed by atoms with E-state index in [1.807, 2.05) is 48.7 Å². The molecule has 4 aromatic rings. The first-order chi connectivity index (χ1) is 13.8. The number of nitrogens with one attached hydrogen (secondary N) is 1. The number of aromatic nitrogens is 3. The number of methoxy groups -OCH3 is 2. The molecule has 6 nitrogen and oxygen atoms in total. The number of hydrogen-bond donors (Lipinski definition) is 1. The van der Waals surface area contributed by atoms with E-state index in [1.54, 1.807) is 32.8 Å². The van der Waals surface area contributed by atoms with Crippen LogP contribution in [-0.2, 0) is 6.54 Å². The number of anilines is 1. The molecule has 1 aromatic carbocycles. The highest BCUT2D eigenvalue weighted by molar-refractivity contribution is 5.93. The molecule has 140 valence electrons. The normalized spacial score (nSPS) is 10.6. The summed E-state index contributed by atoms with van der Waals surface area (Å²) in [4.78, 5) is 13.2. The van der Waals surface area contributed by atoms with Crippen molar-refractivity contribution in [1.29, 1.82) is 0 Å². The van der Waals surface area contributed by atoms with Crippen LogP contribution in [0.5, 0.6) is 11.5 Å². The second-order valence-corrected chi connectivity index (χ2v) is 6.23. The molecular weight excluding hydrogens is 352 g/mol. The summed E-state index contributed by atoms with van der Waals surface area (Å²) in [5.41, 5.74) is 2.95. The van der Waals surface area contributed by atoms with E-state index in [4.69, 9.17) is 14.5 Å². The zero-order valence-electron chi connectivity index (χ0n) is 15.7. The molecule has 0 aliphatic carbocycles. The van der Waals surface area contributed by atoms with Crippen LogP contribution in [0.2, 0.25) is 0 Å². The Morgan fingerprint density at radius 2 is 1.64 bits per heavy atom. The minimum atomic E-state index is 0.602. The third-order valence-corrected chi connectivity index (χ3v) is 4.52. The summed E-state index contributed by atoms with van der Waals surface area (Å²) in [7, 11) is 3.26. The van der Waals surface area contributed by atoms with Crippen molar-refractivity contribution < 1.29 is 9.47 Å². The van der Waals surface area contributed by atoms with Gasteiger partial charge in [0, 0.05) is 47.7 Å². The van der Waals surface area contributed by atoms with Gasteiger partial charge in [-0.1, -0.05) is 6.07 Å². The lowest BCUT2D eigenvalue weighted by Crippen LogP contribution is -2.04. The molecule has 3 heterocycles. The summed E-state index contributed by atoms with van der Waals surface area (Å²) in [6, 6.07) is 13.8. The van der Waals surface area contributed by atoms with Gasteiger partial charge in [-0.15, -0.1) is 0 Å². The SMILES string of the molecule is COc1ccc(CNc2nc(-c3ccncc3)cc3cnccc23)cc1OC. The molecule has 0 bridgehead atoms. The molecule has 0 aliphatic rings. The van der Waals surface area contributed by atoms with Crippen LogP contribution in [0.15, 0.2) is 67.3 Å². The van der Waals surface area contributed by atoms with Gasteiger partial charge in [-0.2, -0.15) is 0 Å². The number of nitrogens with zero attached hydrogens (tertiary/aromatic N) is 3. The van der Waals surface area contributed by atoms with Crippen LogP contribution in [0.25, 0.3) is 22.0 Å². The predicted molar refractivity (Wildman–Crippen MR) is 110 cm³/mol. The van der Waals surface area contributed by atoms with Gasteiger partial charge in [0.25, 0.3) is 0 Å². The van der Waals surface area contributed by atoms with E-state index in [1.165, 1.54) is 0 Å². The molecule has 0 saturated carbocycles. The van der Waals surface area contributed by atoms with Crippen LogP contribution < -0.4 is 14.8 Å². The van der Waals surface area contributed by atoms with E-state index in [2.05, 4.69) is 15.3 Å². The molecular formula is C22H20N4O2. The van der Waals surface area contributed by atoms with Crippen molar-refractivity contribution in [3.05, 3.63) is 72.8 Å². The van der Waals surface area contributed by atoms with Gasteiger partial charge in [-0.05, 0) is 42.0 Å². The molecule has 4 rings (SSSR count). The van der Waals surface area contributed by atoms with Crippen LogP contribution in [0.4, 0.5) is 5.82 Å². The number of pyridine rings is 3. The highest BCUT2D eigenvalue weighted by Crippen LogP contribution is 2.30. The Labute approximate surface area is 163 Å². The first-order valence-electron chi connectivity index (χ1n) is 8.88. The summed E-state index contributed by atoms with van der Waals surface area (Å²) in [5.74, 6) is 2.22. The highest BCUT2D eigenvalue weighted by Gasteiger charge is 2.09. The van der Waals surface area contributed by atoms with Crippen molar-refractivity contribution in [3.8, 4) is 22.8 Å². The molecule has 0 aliphatic heterocycles. The topological polar surface area (TPSA) is 69.2 Å². The molecule has 0 fully saturated rings. The lowest BCUT2D eigenvalue weighted by Gasteiger charge is -2.13. The van der Waals surface area contributed by atoms with E-state index in [0.29, 0.717) is 18.0 Å². The Morgan fingerprint density at radius 3 is 2.43 bits per heavy atom. The fourth-order valence-corrected chi connectivity index (χ4v) is 3.08. The number of hydrogen-bond acceptors (Lipinski definition) is 6. The lowest BCUT2D eigenvalue weighted by atomic mass is 10.1. The minimum absolute atomic E-state index is 0.602. The predicted octanol–water partition coefficient (Wildman–Crippen LogP) is 4.32. The van der Waals surface area contributed by atoms with E-state index in [9.17, 15) is 0 Å². The summed E-state index contributed by atoms with van der Waals surface area (Å²) < 4.78 is 10.7. The molecule has 1 N–H and O–H groups in total. The Morgan fingerprint density at radius 1 is 0.857 bits per heavy atom. The second kappa shape index (κ2) is 7.92. The van der Waals surface area contributed by atoms with Gasteiger partial charge in [0.2, 0.25) is 0 Å². The van der Waals surface area contributed by atoms with Crippen molar-refractivity contribution in [2.75, 3.05) is 19.5 Å². The molecule has 6 heteroatoms. The Bertz CT molecular complexity index is 1100. The van der Waals surface area contributed by atoms with Crippen molar-refractivity contribution in [1.82, 2.24) is 15.0 Å². The van der Waals surface area contributed by atoms with Crippen LogP contribution in [-0.4, -0.2) is 29.2 Å². The van der Waals surface area contributed by atoms with Crippen LogP contribution in [0.1, 0.15) is 5.56 Å². The fourth-order valence-electron chi connectivity index (χ4n) is 3.08. The molecule has 0 unspecified atom stereocenters. The Hall–Kier alpha value is -3.67. The second-order valence-electron chi connectivity index (χ2n) is 6.23. The number of benzene rings is 1. The Balaban J connectivity index is 1.68. The van der Waals surface area contributed by atoms with Crippen molar-refractivity contribution in [2.24, 2.45) is 0 Å². The maximum Gasteiger partial charge on any atom is 0.161 e. The van der Waals surface area contributed by atoms with Gasteiger partial charge in [-0.25, -0.2) is 4.98 Å². The van der Waals surface area contributed by atoms with Gasteiger partial charge in [0.15, 0.2) is 11.5 Å². The molecule has 28 heavy (non-hydrogen) atoms. The van der Waals surface area contributed by atoms with E-state index < -0.39 is 0 Å². The van der Waals surface area contributed by atoms with Crippen molar-refractivity contribution in [2.45, 2.75) is 6.54 Å². The maximum absolute atomic E-state index is 5.39. The largest absolute Gasteiger partial charge is 0.493 e. The van der Waals surface area contributed by atoms with Crippen LogP contribution >= 0.6 is 0 Å². The number of fused-ring (bicyclic) bond motifs is 1. The third kappa shape index (κ3) is 3.57. The average molecular weight is 372 g/mol. The first-order valence-corrected chi connectivity index (χ1v) is 8.88. The molecule has 3 aromatic heterocycles. The molecule has 0 spiro atoms. The summed E-state index contributed by atoms with van der Waals surface area (Å²) >= 11 is 0. The monoisotopic (exact) mass is 372 g/mol. The van der Waals surface area contributed by atoms with Crippen molar-refractivity contribution >= 4 is 16.6 Å². The number of ether oxygens (including phenoxy) is 2. The maximum atomic E-state index is 5.39. The smallest absolute Gasteiger partial charge is 0.161 e. The summed E-state index contributed by atoms with van der Waals surface area (Å²) in [6.45, 7) is 0.602. The lowest BCUT2D eigenvalue weighted by molar-refractivity contribution is 0.354. The molecule has 0 atom stereocenters. The standard InChI is InChI=1S/C22H20N4O2/c1-27-20-4-3-15(11-21(20)28-2)13-25-22-18-7-10-24-14-17(18)12-19(26-22)16-5-8-23-9-6-16/h3-12,14H,13H2,1-2H3,(H,25,26). The van der Waals surface area contributed by atoms with E-state index >= 15 is 0 Å². The van der Waals surface area contributed by atoms with Gasteiger partial charge >= 0.3 is 0 Å². The van der Waals surface area contributed by atoms with E-state index in [0.717, 1.165) is 33.4 Å². The van der Waals surface area contributed by atoms with Gasteiger partial charge < -0.3 is 14.8 Å². The van der Waals surface area contributed by atoms with Crippen molar-refractivity contribution in [3.63, 3.8) is 0 Å². The summed E-state index contributed by atoms with van der Waals surface area (Å²) in [5, 5.41) is 5.50. The van der Waals surface area contributed by atoms with Gasteiger partial charge in [0.1, 0.15) is 5.82 Å². The molecule has 0 radical (unpaired) electrons.